The molecule has 146 valence electrons. The third-order valence-corrected chi connectivity index (χ3v) is 6.47. The number of guanidine groups is 1. The molecule has 2 saturated carbocycles. The van der Waals surface area contributed by atoms with Crippen LogP contribution >= 0.6 is 0 Å². The van der Waals surface area contributed by atoms with Crippen molar-refractivity contribution >= 4 is 11.9 Å². The number of hydrogen-bond acceptors (Lipinski definition) is 2. The first-order valence-corrected chi connectivity index (χ1v) is 10.5. The summed E-state index contributed by atoms with van der Waals surface area (Å²) in [6, 6.07) is 9.41. The lowest BCUT2D eigenvalue weighted by Gasteiger charge is -2.21. The molecule has 1 saturated heterocycles. The third kappa shape index (κ3) is 4.12. The van der Waals surface area contributed by atoms with Crippen molar-refractivity contribution in [2.24, 2.45) is 10.9 Å². The van der Waals surface area contributed by atoms with Crippen LogP contribution in [0.25, 0.3) is 0 Å². The summed E-state index contributed by atoms with van der Waals surface area (Å²) in [5.74, 6) is 2.11. The zero-order valence-electron chi connectivity index (χ0n) is 16.6. The van der Waals surface area contributed by atoms with Crippen molar-refractivity contribution in [1.29, 1.82) is 0 Å². The van der Waals surface area contributed by atoms with E-state index in [0.717, 1.165) is 44.7 Å². The molecule has 5 heteroatoms. The Bertz CT molecular complexity index is 710. The molecule has 27 heavy (non-hydrogen) atoms. The number of carbonyl (C=O) groups is 1. The summed E-state index contributed by atoms with van der Waals surface area (Å²) >= 11 is 0. The third-order valence-electron chi connectivity index (χ3n) is 6.47. The van der Waals surface area contributed by atoms with Gasteiger partial charge in [0.2, 0.25) is 5.91 Å². The van der Waals surface area contributed by atoms with Crippen LogP contribution in [-0.2, 0) is 4.79 Å². The predicted octanol–water partition coefficient (Wildman–Crippen LogP) is 2.81. The second-order valence-electron chi connectivity index (χ2n) is 8.42. The highest BCUT2D eigenvalue weighted by atomic mass is 16.2. The van der Waals surface area contributed by atoms with E-state index in [-0.39, 0.29) is 5.92 Å². The average molecular weight is 369 g/mol. The SMILES string of the molecule is CN=C(NC1CCN(C(=O)C2CCCC2)C1)NC1CC1c1ccccc1C. The Morgan fingerprint density at radius 3 is 2.67 bits per heavy atom. The lowest BCUT2D eigenvalue weighted by molar-refractivity contribution is -0.134. The number of aliphatic imine (C=N–C) groups is 1. The van der Waals surface area contributed by atoms with Crippen LogP contribution in [0.1, 0.15) is 55.6 Å². The molecule has 3 aliphatic rings. The number of amides is 1. The molecular formula is C22H32N4O. The van der Waals surface area contributed by atoms with Gasteiger partial charge in [-0.3, -0.25) is 9.79 Å². The Morgan fingerprint density at radius 1 is 1.15 bits per heavy atom. The van der Waals surface area contributed by atoms with Gasteiger partial charge in [-0.25, -0.2) is 0 Å². The highest BCUT2D eigenvalue weighted by Gasteiger charge is 2.40. The van der Waals surface area contributed by atoms with Gasteiger partial charge in [0.15, 0.2) is 5.96 Å². The second-order valence-corrected chi connectivity index (χ2v) is 8.42. The number of likely N-dealkylation sites (tertiary alicyclic amines) is 1. The summed E-state index contributed by atoms with van der Waals surface area (Å²) in [7, 11) is 1.83. The van der Waals surface area contributed by atoms with E-state index in [1.165, 1.54) is 24.0 Å². The molecule has 2 N–H and O–H groups in total. The van der Waals surface area contributed by atoms with E-state index in [4.69, 9.17) is 0 Å². The van der Waals surface area contributed by atoms with Crippen LogP contribution in [-0.4, -0.2) is 49.0 Å². The summed E-state index contributed by atoms with van der Waals surface area (Å²) < 4.78 is 0. The van der Waals surface area contributed by atoms with Crippen molar-refractivity contribution in [2.75, 3.05) is 20.1 Å². The zero-order valence-corrected chi connectivity index (χ0v) is 16.6. The highest BCUT2D eigenvalue weighted by molar-refractivity contribution is 5.82. The molecule has 0 bridgehead atoms. The summed E-state index contributed by atoms with van der Waals surface area (Å²) in [6.07, 6.45) is 6.75. The first kappa shape index (κ1) is 18.3. The molecule has 0 aromatic heterocycles. The maximum Gasteiger partial charge on any atom is 0.225 e. The molecule has 2 aliphatic carbocycles. The molecule has 3 unspecified atom stereocenters. The quantitative estimate of drug-likeness (QED) is 0.635. The van der Waals surface area contributed by atoms with Crippen LogP contribution in [0.2, 0.25) is 0 Å². The fourth-order valence-electron chi connectivity index (χ4n) is 4.75. The lowest BCUT2D eigenvalue weighted by atomic mass is 10.0. The average Bonchev–Trinajstić information content (AvgIpc) is 3.07. The fourth-order valence-corrected chi connectivity index (χ4v) is 4.75. The maximum atomic E-state index is 12.6. The minimum absolute atomic E-state index is 0.280. The first-order valence-electron chi connectivity index (χ1n) is 10.5. The molecule has 5 nitrogen and oxygen atoms in total. The summed E-state index contributed by atoms with van der Waals surface area (Å²) in [5, 5.41) is 7.12. The van der Waals surface area contributed by atoms with Crippen LogP contribution in [0.3, 0.4) is 0 Å². The highest BCUT2D eigenvalue weighted by Crippen LogP contribution is 2.42. The number of hydrogen-bond donors (Lipinski definition) is 2. The van der Waals surface area contributed by atoms with E-state index < -0.39 is 0 Å². The van der Waals surface area contributed by atoms with Crippen molar-refractivity contribution in [3.63, 3.8) is 0 Å². The van der Waals surface area contributed by atoms with Gasteiger partial charge in [-0.05, 0) is 43.7 Å². The van der Waals surface area contributed by atoms with Gasteiger partial charge in [0, 0.05) is 44.1 Å². The van der Waals surface area contributed by atoms with E-state index in [2.05, 4.69) is 51.7 Å². The molecule has 1 amide bonds. The van der Waals surface area contributed by atoms with Crippen molar-refractivity contribution in [3.05, 3.63) is 35.4 Å². The van der Waals surface area contributed by atoms with Crippen LogP contribution in [0.4, 0.5) is 0 Å². The molecule has 0 spiro atoms. The van der Waals surface area contributed by atoms with Gasteiger partial charge in [-0.1, -0.05) is 37.1 Å². The van der Waals surface area contributed by atoms with Gasteiger partial charge in [-0.2, -0.15) is 0 Å². The van der Waals surface area contributed by atoms with Crippen LogP contribution < -0.4 is 10.6 Å². The van der Waals surface area contributed by atoms with Crippen molar-refractivity contribution in [3.8, 4) is 0 Å². The van der Waals surface area contributed by atoms with Crippen molar-refractivity contribution in [1.82, 2.24) is 15.5 Å². The fraction of sp³-hybridized carbons (Fsp3) is 0.636. The topological polar surface area (TPSA) is 56.7 Å². The van der Waals surface area contributed by atoms with Crippen molar-refractivity contribution < 1.29 is 4.79 Å². The van der Waals surface area contributed by atoms with E-state index in [0.29, 0.717) is 23.9 Å². The molecule has 0 radical (unpaired) electrons. The van der Waals surface area contributed by atoms with Gasteiger partial charge < -0.3 is 15.5 Å². The molecule has 1 aromatic carbocycles. The molecule has 3 fully saturated rings. The molecular weight excluding hydrogens is 336 g/mol. The Balaban J connectivity index is 1.27. The first-order chi connectivity index (χ1) is 13.2. The largest absolute Gasteiger partial charge is 0.353 e. The van der Waals surface area contributed by atoms with Crippen LogP contribution in [0.5, 0.6) is 0 Å². The number of rotatable bonds is 4. The minimum Gasteiger partial charge on any atom is -0.353 e. The van der Waals surface area contributed by atoms with Gasteiger partial charge in [0.25, 0.3) is 0 Å². The van der Waals surface area contributed by atoms with Crippen LogP contribution in [0, 0.1) is 12.8 Å². The van der Waals surface area contributed by atoms with E-state index in [1.54, 1.807) is 0 Å². The predicted molar refractivity (Wildman–Crippen MR) is 109 cm³/mol. The molecule has 3 atom stereocenters. The smallest absolute Gasteiger partial charge is 0.225 e. The number of benzene rings is 1. The molecule has 4 rings (SSSR count). The van der Waals surface area contributed by atoms with Gasteiger partial charge in [0.1, 0.15) is 0 Å². The standard InChI is InChI=1S/C22H32N4O/c1-15-7-3-6-10-18(15)19-13-20(19)25-22(23-2)24-17-11-12-26(14-17)21(27)16-8-4-5-9-16/h3,6-7,10,16-17,19-20H,4-5,8-9,11-14H2,1-2H3,(H2,23,24,25). The number of carbonyl (C=O) groups excluding carboxylic acids is 1. The minimum atomic E-state index is 0.280. The summed E-state index contributed by atoms with van der Waals surface area (Å²) in [5.41, 5.74) is 2.81. The van der Waals surface area contributed by atoms with E-state index in [9.17, 15) is 4.79 Å². The lowest BCUT2D eigenvalue weighted by Crippen LogP contribution is -2.46. The van der Waals surface area contributed by atoms with Crippen LogP contribution in [0.15, 0.2) is 29.3 Å². The van der Waals surface area contributed by atoms with E-state index >= 15 is 0 Å². The van der Waals surface area contributed by atoms with E-state index in [1.807, 2.05) is 7.05 Å². The van der Waals surface area contributed by atoms with Gasteiger partial charge in [-0.15, -0.1) is 0 Å². The van der Waals surface area contributed by atoms with Gasteiger partial charge >= 0.3 is 0 Å². The van der Waals surface area contributed by atoms with Gasteiger partial charge in [0.05, 0.1) is 0 Å². The summed E-state index contributed by atoms with van der Waals surface area (Å²) in [4.78, 5) is 19.1. The van der Waals surface area contributed by atoms with Crippen molar-refractivity contribution in [2.45, 2.75) is 63.5 Å². The number of nitrogens with zero attached hydrogens (tertiary/aromatic N) is 2. The molecule has 1 heterocycles. The Morgan fingerprint density at radius 2 is 1.93 bits per heavy atom. The number of nitrogens with one attached hydrogen (secondary N) is 2. The Kier molecular flexibility index (Phi) is 5.37. The Labute approximate surface area is 162 Å². The summed E-state index contributed by atoms with van der Waals surface area (Å²) in [6.45, 7) is 3.87. The normalized spacial score (nSPS) is 28.4. The molecule has 1 aromatic rings. The monoisotopic (exact) mass is 368 g/mol. The number of aryl methyl sites for hydroxylation is 1. The maximum absolute atomic E-state index is 12.6. The Hall–Kier alpha value is -2.04. The zero-order chi connectivity index (χ0) is 18.8. The molecule has 1 aliphatic heterocycles. The second kappa shape index (κ2) is 7.91.